The van der Waals surface area contributed by atoms with Crippen molar-refractivity contribution in [2.75, 3.05) is 10.0 Å². The number of hydrogen-bond acceptors (Lipinski definition) is 2. The third kappa shape index (κ3) is 3.28. The lowest BCUT2D eigenvalue weighted by Gasteiger charge is -2.17. The summed E-state index contributed by atoms with van der Waals surface area (Å²) in [6.07, 6.45) is 0.645. The molecule has 126 valence electrons. The summed E-state index contributed by atoms with van der Waals surface area (Å²) in [5.41, 5.74) is 2.09. The Balaban J connectivity index is 1.96. The summed E-state index contributed by atoms with van der Waals surface area (Å²) < 4.78 is 39.6. The third-order valence-electron chi connectivity index (χ3n) is 3.78. The zero-order valence-corrected chi connectivity index (χ0v) is 14.3. The minimum absolute atomic E-state index is 0.202. The fraction of sp³-hybridized carbons (Fsp3) is 0.188. The Morgan fingerprint density at radius 3 is 2.75 bits per heavy atom. The van der Waals surface area contributed by atoms with Crippen LogP contribution in [0.2, 0.25) is 5.02 Å². The molecule has 2 aromatic rings. The molecule has 1 aliphatic heterocycles. The van der Waals surface area contributed by atoms with Crippen molar-refractivity contribution >= 4 is 39.3 Å². The maximum Gasteiger partial charge on any atom is 0.349 e. The minimum Gasteiger partial charge on any atom is -0.326 e. The highest BCUT2D eigenvalue weighted by molar-refractivity contribution is 7.99. The second-order valence-corrected chi connectivity index (χ2v) is 7.68. The number of hydrogen-bond donors (Lipinski definition) is 3. The molecule has 0 fully saturated rings. The van der Waals surface area contributed by atoms with Crippen molar-refractivity contribution < 1.29 is 17.9 Å². The Morgan fingerprint density at radius 1 is 1.29 bits per heavy atom. The summed E-state index contributed by atoms with van der Waals surface area (Å²) in [7, 11) is -3.87. The number of carbonyl (C=O) groups is 1. The number of benzene rings is 2. The fourth-order valence-electron chi connectivity index (χ4n) is 2.46. The molecule has 0 saturated heterocycles. The van der Waals surface area contributed by atoms with E-state index in [1.807, 2.05) is 0 Å². The Hall–Kier alpha value is -1.96. The van der Waals surface area contributed by atoms with Crippen molar-refractivity contribution in [3.63, 3.8) is 0 Å². The highest BCUT2D eigenvalue weighted by Crippen LogP contribution is 2.31. The van der Waals surface area contributed by atoms with Gasteiger partial charge < -0.3 is 5.32 Å². The lowest BCUT2D eigenvalue weighted by Crippen LogP contribution is -2.24. The molecule has 1 aliphatic rings. The first kappa shape index (κ1) is 16.9. The van der Waals surface area contributed by atoms with E-state index in [4.69, 9.17) is 11.6 Å². The minimum atomic E-state index is -3.87. The van der Waals surface area contributed by atoms with Gasteiger partial charge in [-0.15, -0.1) is 0 Å². The average molecular weight is 370 g/mol. The number of anilines is 2. The van der Waals surface area contributed by atoms with Crippen molar-refractivity contribution in [3.05, 3.63) is 52.3 Å². The van der Waals surface area contributed by atoms with Crippen LogP contribution in [0.5, 0.6) is 0 Å². The van der Waals surface area contributed by atoms with Crippen molar-refractivity contribution in [1.82, 2.24) is 0 Å². The van der Waals surface area contributed by atoms with Gasteiger partial charge in [0.2, 0.25) is 5.91 Å². The van der Waals surface area contributed by atoms with E-state index in [9.17, 15) is 17.9 Å². The predicted octanol–water partition coefficient (Wildman–Crippen LogP) is 4.03. The van der Waals surface area contributed by atoms with Gasteiger partial charge >= 0.3 is 10.4 Å². The summed E-state index contributed by atoms with van der Waals surface area (Å²) in [5, 5.41) is 2.99. The Morgan fingerprint density at radius 2 is 2.04 bits per heavy atom. The lowest BCUT2D eigenvalue weighted by molar-refractivity contribution is -0.116. The average Bonchev–Trinajstić information content (AvgIpc) is 2.49. The van der Waals surface area contributed by atoms with Gasteiger partial charge in [0.05, 0.1) is 5.69 Å². The van der Waals surface area contributed by atoms with Gasteiger partial charge in [0.1, 0.15) is 0 Å². The third-order valence-corrected chi connectivity index (χ3v) is 5.61. The summed E-state index contributed by atoms with van der Waals surface area (Å²) in [4.78, 5) is 11.0. The zero-order chi connectivity index (χ0) is 17.5. The van der Waals surface area contributed by atoms with Gasteiger partial charge in [-0.2, -0.15) is 9.27 Å². The first-order valence-corrected chi connectivity index (χ1v) is 9.08. The topological polar surface area (TPSA) is 78.4 Å². The highest BCUT2D eigenvalue weighted by atomic mass is 35.5. The monoisotopic (exact) mass is 369 g/mol. The molecular weight excluding hydrogens is 355 g/mol. The van der Waals surface area contributed by atoms with Gasteiger partial charge in [0, 0.05) is 29.3 Å². The number of rotatable bonds is 3. The maximum atomic E-state index is 14.3. The molecule has 3 rings (SSSR count). The SMILES string of the molecule is Cc1ccc(N[S+](=O)(O)c2cc3c(cc2F)NC(=O)CC3)cc1Cl. The second kappa shape index (κ2) is 6.16. The molecule has 1 heterocycles. The number of halogens is 2. The van der Waals surface area contributed by atoms with Crippen LogP contribution in [0.25, 0.3) is 0 Å². The number of carbonyl (C=O) groups excluding carboxylic acids is 1. The van der Waals surface area contributed by atoms with Crippen LogP contribution in [0, 0.1) is 12.7 Å². The van der Waals surface area contributed by atoms with Gasteiger partial charge in [-0.1, -0.05) is 17.7 Å². The molecule has 0 spiro atoms. The summed E-state index contributed by atoms with van der Waals surface area (Å²) >= 11 is 6.00. The van der Waals surface area contributed by atoms with E-state index in [0.717, 1.165) is 11.6 Å². The predicted molar refractivity (Wildman–Crippen MR) is 92.1 cm³/mol. The van der Waals surface area contributed by atoms with E-state index in [-0.39, 0.29) is 17.2 Å². The Labute approximate surface area is 144 Å². The molecule has 1 amide bonds. The van der Waals surface area contributed by atoms with Crippen molar-refractivity contribution in [3.8, 4) is 0 Å². The quantitative estimate of drug-likeness (QED) is 0.715. The van der Waals surface area contributed by atoms with Gasteiger partial charge in [-0.05, 0) is 40.8 Å². The van der Waals surface area contributed by atoms with Crippen LogP contribution in [0.3, 0.4) is 0 Å². The molecule has 0 bridgehead atoms. The van der Waals surface area contributed by atoms with Crippen LogP contribution in [0.4, 0.5) is 15.8 Å². The molecule has 2 aromatic carbocycles. The first-order chi connectivity index (χ1) is 11.3. The van der Waals surface area contributed by atoms with E-state index < -0.39 is 16.2 Å². The van der Waals surface area contributed by atoms with Crippen LogP contribution < -0.4 is 10.0 Å². The number of aryl methyl sites for hydroxylation is 2. The molecule has 3 N–H and O–H groups in total. The van der Waals surface area contributed by atoms with E-state index in [1.165, 1.54) is 12.1 Å². The molecule has 5 nitrogen and oxygen atoms in total. The molecule has 24 heavy (non-hydrogen) atoms. The smallest absolute Gasteiger partial charge is 0.326 e. The molecular formula is C16H15ClFN2O3S+. The van der Waals surface area contributed by atoms with E-state index >= 15 is 0 Å². The van der Waals surface area contributed by atoms with Crippen molar-refractivity contribution in [2.45, 2.75) is 24.7 Å². The Bertz CT molecular complexity index is 888. The van der Waals surface area contributed by atoms with Crippen LogP contribution in [0.1, 0.15) is 17.5 Å². The van der Waals surface area contributed by atoms with Gasteiger partial charge in [0.15, 0.2) is 5.82 Å². The molecule has 0 aromatic heterocycles. The number of nitrogens with one attached hydrogen (secondary N) is 2. The number of fused-ring (bicyclic) bond motifs is 1. The largest absolute Gasteiger partial charge is 0.349 e. The van der Waals surface area contributed by atoms with Crippen molar-refractivity contribution in [1.29, 1.82) is 0 Å². The standard InChI is InChI=1S/C16H14ClFN2O3S/c1-9-2-4-11(7-12(9)17)20-24(22,23)15-6-10-3-5-16(21)19-14(10)8-13(15)18/h2,4,6-8H,3,5H2,1H3,(H2-,19,20,21,22,23)/p+1. The maximum absolute atomic E-state index is 14.3. The second-order valence-electron chi connectivity index (χ2n) is 5.58. The van der Waals surface area contributed by atoms with Gasteiger partial charge in [0.25, 0.3) is 4.90 Å². The Kier molecular flexibility index (Phi) is 4.33. The van der Waals surface area contributed by atoms with Crippen LogP contribution >= 0.6 is 11.6 Å². The van der Waals surface area contributed by atoms with E-state index in [2.05, 4.69) is 10.0 Å². The summed E-state index contributed by atoms with van der Waals surface area (Å²) in [6.45, 7) is 1.81. The first-order valence-electron chi connectivity index (χ1n) is 7.19. The van der Waals surface area contributed by atoms with Crippen LogP contribution in [0.15, 0.2) is 35.2 Å². The van der Waals surface area contributed by atoms with Gasteiger partial charge in [-0.3, -0.25) is 4.79 Å². The zero-order valence-electron chi connectivity index (χ0n) is 12.7. The molecule has 8 heteroatoms. The molecule has 0 radical (unpaired) electrons. The van der Waals surface area contributed by atoms with E-state index in [1.54, 1.807) is 19.1 Å². The summed E-state index contributed by atoms with van der Waals surface area (Å²) in [5.74, 6) is -1.07. The van der Waals surface area contributed by atoms with E-state index in [0.29, 0.717) is 28.4 Å². The molecule has 0 saturated carbocycles. The summed E-state index contributed by atoms with van der Waals surface area (Å²) in [6, 6.07) is 7.17. The van der Waals surface area contributed by atoms with Crippen LogP contribution in [-0.4, -0.2) is 10.5 Å². The van der Waals surface area contributed by atoms with Gasteiger partial charge in [-0.25, -0.2) is 4.39 Å². The highest BCUT2D eigenvalue weighted by Gasteiger charge is 2.35. The molecule has 1 atom stereocenters. The normalized spacial score (nSPS) is 16.1. The number of amides is 1. The molecule has 0 aliphatic carbocycles. The fourth-order valence-corrected chi connectivity index (χ4v) is 3.82. The van der Waals surface area contributed by atoms with Crippen molar-refractivity contribution in [2.24, 2.45) is 0 Å². The molecule has 1 unspecified atom stereocenters. The lowest BCUT2D eigenvalue weighted by atomic mass is 10.0. The van der Waals surface area contributed by atoms with Crippen LogP contribution in [-0.2, 0) is 25.8 Å².